The van der Waals surface area contributed by atoms with Crippen LogP contribution >= 0.6 is 43.5 Å². The van der Waals surface area contributed by atoms with Crippen molar-refractivity contribution in [3.05, 3.63) is 60.0 Å². The van der Waals surface area contributed by atoms with Crippen molar-refractivity contribution in [2.24, 2.45) is 5.10 Å². The van der Waals surface area contributed by atoms with E-state index in [0.29, 0.717) is 33.4 Å². The van der Waals surface area contributed by atoms with Crippen LogP contribution in [0.25, 0.3) is 10.9 Å². The summed E-state index contributed by atoms with van der Waals surface area (Å²) in [6.07, 6.45) is 1.46. The summed E-state index contributed by atoms with van der Waals surface area (Å²) in [7, 11) is 0. The number of rotatable bonds is 8. The second-order valence-corrected chi connectivity index (χ2v) is 9.27. The third-order valence-electron chi connectivity index (χ3n) is 4.46. The minimum atomic E-state index is -1.15. The van der Waals surface area contributed by atoms with Crippen LogP contribution in [0.3, 0.4) is 0 Å². The number of hydrogen-bond acceptors (Lipinski definition) is 6. The van der Waals surface area contributed by atoms with Gasteiger partial charge in [-0.1, -0.05) is 41.4 Å². The molecule has 0 bridgehead atoms. The second-order valence-electron chi connectivity index (χ2n) is 7.18. The molecule has 0 spiro atoms. The number of carbonyl (C=O) groups is 1. The number of halogens is 3. The molecular formula is C22H20Br2ClN3O5. The molecular weight excluding hydrogens is 582 g/mol. The normalized spacial score (nSPS) is 11.5. The number of hydrogen-bond donors (Lipinski definition) is 1. The van der Waals surface area contributed by atoms with Crippen LogP contribution in [-0.4, -0.2) is 40.2 Å². The molecule has 3 rings (SSSR count). The van der Waals surface area contributed by atoms with E-state index in [4.69, 9.17) is 26.2 Å². The van der Waals surface area contributed by atoms with Crippen molar-refractivity contribution in [1.29, 1.82) is 0 Å². The van der Waals surface area contributed by atoms with E-state index in [0.717, 1.165) is 4.47 Å². The van der Waals surface area contributed by atoms with E-state index < -0.39 is 12.6 Å². The number of ether oxygens (including phenoxy) is 2. The van der Waals surface area contributed by atoms with Gasteiger partial charge in [0, 0.05) is 20.4 Å². The lowest BCUT2D eigenvalue weighted by Crippen LogP contribution is -2.23. The Bertz CT molecular complexity index is 1310. The molecule has 2 aromatic carbocycles. The Hall–Kier alpha value is -2.43. The van der Waals surface area contributed by atoms with Gasteiger partial charge >= 0.3 is 5.97 Å². The highest BCUT2D eigenvalue weighted by atomic mass is 79.9. The number of aliphatic carboxylic acids is 1. The summed E-state index contributed by atoms with van der Waals surface area (Å²) < 4.78 is 13.3. The molecule has 0 fully saturated rings. The van der Waals surface area contributed by atoms with Gasteiger partial charge in [-0.25, -0.2) is 9.78 Å². The lowest BCUT2D eigenvalue weighted by Gasteiger charge is -2.15. The van der Waals surface area contributed by atoms with Crippen molar-refractivity contribution in [3.8, 4) is 11.5 Å². The van der Waals surface area contributed by atoms with E-state index in [-0.39, 0.29) is 28.0 Å². The quantitative estimate of drug-likeness (QED) is 0.345. The first kappa shape index (κ1) is 25.2. The maximum Gasteiger partial charge on any atom is 0.341 e. The Morgan fingerprint density at radius 2 is 2.03 bits per heavy atom. The van der Waals surface area contributed by atoms with Gasteiger partial charge in [0.05, 0.1) is 23.7 Å². The fourth-order valence-electron chi connectivity index (χ4n) is 3.00. The number of nitrogens with zero attached hydrogens (tertiary/aromatic N) is 3. The molecule has 174 valence electrons. The van der Waals surface area contributed by atoms with E-state index in [1.54, 1.807) is 25.1 Å². The van der Waals surface area contributed by atoms with Crippen LogP contribution in [0.15, 0.2) is 43.1 Å². The number of carboxylic acids is 1. The monoisotopic (exact) mass is 599 g/mol. The van der Waals surface area contributed by atoms with E-state index in [2.05, 4.69) is 41.9 Å². The molecule has 0 aliphatic rings. The van der Waals surface area contributed by atoms with Crippen LogP contribution in [0.4, 0.5) is 0 Å². The van der Waals surface area contributed by atoms with E-state index in [1.807, 2.05) is 19.9 Å². The van der Waals surface area contributed by atoms with Gasteiger partial charge < -0.3 is 14.6 Å². The molecule has 1 aromatic heterocycles. The number of fused-ring (bicyclic) bond motifs is 1. The van der Waals surface area contributed by atoms with Crippen LogP contribution in [0.1, 0.15) is 38.1 Å². The summed E-state index contributed by atoms with van der Waals surface area (Å²) in [5, 5.41) is 13.9. The summed E-state index contributed by atoms with van der Waals surface area (Å²) in [4.78, 5) is 28.7. The summed E-state index contributed by atoms with van der Waals surface area (Å²) in [5.41, 5.74) is 0.776. The molecule has 0 saturated heterocycles. The largest absolute Gasteiger partial charge is 0.490 e. The molecule has 11 heteroatoms. The van der Waals surface area contributed by atoms with Crippen molar-refractivity contribution in [3.63, 3.8) is 0 Å². The molecule has 0 aliphatic carbocycles. The molecule has 0 saturated carbocycles. The van der Waals surface area contributed by atoms with Crippen molar-refractivity contribution in [2.45, 2.75) is 26.7 Å². The average molecular weight is 602 g/mol. The zero-order valence-corrected chi connectivity index (χ0v) is 21.9. The molecule has 1 N–H and O–H groups in total. The zero-order chi connectivity index (χ0) is 24.3. The molecule has 0 radical (unpaired) electrons. The van der Waals surface area contributed by atoms with Gasteiger partial charge in [-0.15, -0.1) is 0 Å². The third-order valence-corrected chi connectivity index (χ3v) is 6.39. The van der Waals surface area contributed by atoms with Crippen LogP contribution in [0.2, 0.25) is 5.02 Å². The zero-order valence-electron chi connectivity index (χ0n) is 17.9. The predicted molar refractivity (Wildman–Crippen MR) is 134 cm³/mol. The fraction of sp³-hybridized carbons (Fsp3) is 0.273. The summed E-state index contributed by atoms with van der Waals surface area (Å²) in [6, 6.07) is 6.91. The molecule has 3 aromatic rings. The number of benzene rings is 2. The first-order valence-corrected chi connectivity index (χ1v) is 11.9. The van der Waals surface area contributed by atoms with E-state index >= 15 is 0 Å². The number of carboxylic acid groups (broad SMARTS) is 1. The molecule has 8 nitrogen and oxygen atoms in total. The molecule has 0 atom stereocenters. The Balaban J connectivity index is 2.14. The Kier molecular flexibility index (Phi) is 8.14. The van der Waals surface area contributed by atoms with Crippen molar-refractivity contribution in [1.82, 2.24) is 9.66 Å². The topological polar surface area (TPSA) is 103 Å². The van der Waals surface area contributed by atoms with Crippen LogP contribution in [-0.2, 0) is 4.79 Å². The van der Waals surface area contributed by atoms with Gasteiger partial charge in [0.25, 0.3) is 5.56 Å². The standard InChI is InChI=1S/C22H20Br2ClN3O5/c1-4-32-16-7-12(18(24)19(25)20(16)33-10-17(29)30)9-26-28-21(11(2)3)27-15-6-5-13(23)8-14(15)22(28)31/h5-9,11H,4,10H2,1-3H3,(H,29,30). The first-order valence-electron chi connectivity index (χ1n) is 9.90. The van der Waals surface area contributed by atoms with Gasteiger partial charge in [-0.05, 0) is 47.1 Å². The Morgan fingerprint density at radius 3 is 2.67 bits per heavy atom. The van der Waals surface area contributed by atoms with Gasteiger partial charge in [-0.3, -0.25) is 4.79 Å². The van der Waals surface area contributed by atoms with E-state index in [9.17, 15) is 9.59 Å². The van der Waals surface area contributed by atoms with E-state index in [1.165, 1.54) is 10.9 Å². The highest BCUT2D eigenvalue weighted by Crippen LogP contribution is 2.42. The lowest BCUT2D eigenvalue weighted by atomic mass is 10.2. The first-order chi connectivity index (χ1) is 15.6. The smallest absolute Gasteiger partial charge is 0.341 e. The maximum atomic E-state index is 13.2. The van der Waals surface area contributed by atoms with Gasteiger partial charge in [-0.2, -0.15) is 9.78 Å². The molecule has 0 unspecified atom stereocenters. The Labute approximate surface area is 211 Å². The van der Waals surface area contributed by atoms with Crippen LogP contribution < -0.4 is 15.0 Å². The summed E-state index contributed by atoms with van der Waals surface area (Å²) in [6.45, 7) is 5.35. The highest BCUT2D eigenvalue weighted by molar-refractivity contribution is 9.10. The average Bonchev–Trinajstić information content (AvgIpc) is 2.76. The summed E-state index contributed by atoms with van der Waals surface area (Å²) >= 11 is 13.2. The lowest BCUT2D eigenvalue weighted by molar-refractivity contribution is -0.139. The second kappa shape index (κ2) is 10.7. The predicted octanol–water partition coefficient (Wildman–Crippen LogP) is 5.44. The maximum absolute atomic E-state index is 13.2. The fourth-order valence-corrected chi connectivity index (χ4v) is 4.02. The Morgan fingerprint density at radius 1 is 1.30 bits per heavy atom. The van der Waals surface area contributed by atoms with Gasteiger partial charge in [0.15, 0.2) is 18.1 Å². The van der Waals surface area contributed by atoms with Crippen molar-refractivity contribution in [2.75, 3.05) is 13.2 Å². The van der Waals surface area contributed by atoms with Crippen molar-refractivity contribution < 1.29 is 19.4 Å². The highest BCUT2D eigenvalue weighted by Gasteiger charge is 2.19. The van der Waals surface area contributed by atoms with Gasteiger partial charge in [0.2, 0.25) is 0 Å². The minimum Gasteiger partial charge on any atom is -0.490 e. The summed E-state index contributed by atoms with van der Waals surface area (Å²) in [5.74, 6) is -0.362. The van der Waals surface area contributed by atoms with Crippen LogP contribution in [0.5, 0.6) is 11.5 Å². The third kappa shape index (κ3) is 5.56. The molecule has 1 heterocycles. The minimum absolute atomic E-state index is 0.0688. The van der Waals surface area contributed by atoms with Crippen LogP contribution in [0, 0.1) is 0 Å². The van der Waals surface area contributed by atoms with Gasteiger partial charge in [0.1, 0.15) is 10.8 Å². The molecule has 0 aliphatic heterocycles. The number of aromatic nitrogens is 2. The van der Waals surface area contributed by atoms with Crippen molar-refractivity contribution >= 4 is 66.5 Å². The molecule has 0 amide bonds. The SMILES string of the molecule is CCOc1cc(C=Nn2c(C(C)C)nc3ccc(Br)cc3c2=O)c(Br)c(Cl)c1OCC(=O)O. The molecule has 33 heavy (non-hydrogen) atoms.